The third-order valence-electron chi connectivity index (χ3n) is 7.98. The number of piperidine rings is 1. The standard InChI is InChI=1S/C28H30F2N4O3/c29-22-9-6-10-23(30)21(22)16-31-26(36)33-14-13-28(37,27(17-33)11-4-5-12-27)18-34-19-32-24(15-25(34)35)20-7-2-1-3-8-20/h1-3,6-10,15,19,37H,4-5,11-14,16-18H2,(H,31,36). The van der Waals surface area contributed by atoms with Crippen LogP contribution in [0.25, 0.3) is 11.3 Å². The zero-order valence-electron chi connectivity index (χ0n) is 20.5. The summed E-state index contributed by atoms with van der Waals surface area (Å²) >= 11 is 0. The van der Waals surface area contributed by atoms with E-state index in [-0.39, 0.29) is 37.2 Å². The molecule has 3 aromatic rings. The van der Waals surface area contributed by atoms with Crippen LogP contribution in [0.2, 0.25) is 0 Å². The zero-order chi connectivity index (χ0) is 26.0. The number of nitrogens with zero attached hydrogens (tertiary/aromatic N) is 3. The van der Waals surface area contributed by atoms with Gasteiger partial charge in [0.05, 0.1) is 30.7 Å². The van der Waals surface area contributed by atoms with Gasteiger partial charge in [-0.15, -0.1) is 0 Å². The van der Waals surface area contributed by atoms with Gasteiger partial charge in [0.15, 0.2) is 0 Å². The number of rotatable bonds is 5. The normalized spacial score (nSPS) is 20.8. The minimum absolute atomic E-state index is 0.0871. The summed E-state index contributed by atoms with van der Waals surface area (Å²) in [6.45, 7) is 0.386. The van der Waals surface area contributed by atoms with Crippen molar-refractivity contribution in [3.8, 4) is 11.3 Å². The van der Waals surface area contributed by atoms with Gasteiger partial charge in [-0.2, -0.15) is 0 Å². The number of aliphatic hydroxyl groups is 1. The highest BCUT2D eigenvalue weighted by atomic mass is 19.1. The van der Waals surface area contributed by atoms with E-state index in [1.165, 1.54) is 23.0 Å². The number of carbonyl (C=O) groups is 1. The highest BCUT2D eigenvalue weighted by molar-refractivity contribution is 5.74. The molecule has 1 spiro atoms. The summed E-state index contributed by atoms with van der Waals surface area (Å²) < 4.78 is 29.4. The van der Waals surface area contributed by atoms with Crippen LogP contribution in [0.4, 0.5) is 13.6 Å². The predicted octanol–water partition coefficient (Wildman–Crippen LogP) is 4.10. The number of aromatic nitrogens is 2. The van der Waals surface area contributed by atoms with Gasteiger partial charge < -0.3 is 15.3 Å². The fourth-order valence-corrected chi connectivity index (χ4v) is 5.84. The van der Waals surface area contributed by atoms with Gasteiger partial charge in [-0.25, -0.2) is 18.6 Å². The summed E-state index contributed by atoms with van der Waals surface area (Å²) in [5.74, 6) is -1.42. The van der Waals surface area contributed by atoms with E-state index in [9.17, 15) is 23.5 Å². The molecule has 7 nitrogen and oxygen atoms in total. The third-order valence-corrected chi connectivity index (χ3v) is 7.98. The van der Waals surface area contributed by atoms with E-state index in [1.54, 1.807) is 4.90 Å². The lowest BCUT2D eigenvalue weighted by atomic mass is 9.66. The molecule has 1 saturated heterocycles. The Balaban J connectivity index is 1.31. The fourth-order valence-electron chi connectivity index (χ4n) is 5.84. The molecule has 1 unspecified atom stereocenters. The fraction of sp³-hybridized carbons (Fsp3) is 0.393. The minimum Gasteiger partial charge on any atom is -0.387 e. The largest absolute Gasteiger partial charge is 0.387 e. The van der Waals surface area contributed by atoms with Crippen molar-refractivity contribution in [1.29, 1.82) is 0 Å². The molecule has 1 aromatic heterocycles. The number of nitrogens with one attached hydrogen (secondary N) is 1. The summed E-state index contributed by atoms with van der Waals surface area (Å²) in [4.78, 5) is 32.0. The van der Waals surface area contributed by atoms with Crippen molar-refractivity contribution < 1.29 is 18.7 Å². The second kappa shape index (κ2) is 10.0. The molecular weight excluding hydrogens is 478 g/mol. The van der Waals surface area contributed by atoms with Crippen LogP contribution in [0.5, 0.6) is 0 Å². The van der Waals surface area contributed by atoms with Crippen molar-refractivity contribution in [2.24, 2.45) is 5.41 Å². The van der Waals surface area contributed by atoms with Crippen LogP contribution in [-0.2, 0) is 13.1 Å². The van der Waals surface area contributed by atoms with E-state index in [1.807, 2.05) is 30.3 Å². The van der Waals surface area contributed by atoms with Crippen LogP contribution >= 0.6 is 0 Å². The summed E-state index contributed by atoms with van der Waals surface area (Å²) in [5.41, 5.74) is -0.802. The minimum atomic E-state index is -1.20. The Morgan fingerprint density at radius 2 is 1.73 bits per heavy atom. The lowest BCUT2D eigenvalue weighted by Gasteiger charge is -2.52. The number of likely N-dealkylation sites (tertiary alicyclic amines) is 1. The highest BCUT2D eigenvalue weighted by Gasteiger charge is 2.55. The van der Waals surface area contributed by atoms with Crippen LogP contribution in [-0.4, -0.2) is 44.3 Å². The number of hydrogen-bond acceptors (Lipinski definition) is 4. The van der Waals surface area contributed by atoms with E-state index >= 15 is 0 Å². The number of amides is 2. The Hall–Kier alpha value is -3.59. The van der Waals surface area contributed by atoms with E-state index in [4.69, 9.17) is 0 Å². The molecule has 1 aliphatic heterocycles. The maximum Gasteiger partial charge on any atom is 0.317 e. The molecule has 2 aliphatic rings. The number of halogens is 2. The van der Waals surface area contributed by atoms with Crippen molar-refractivity contribution in [3.05, 3.63) is 88.5 Å². The van der Waals surface area contributed by atoms with Gasteiger partial charge >= 0.3 is 6.03 Å². The molecule has 2 N–H and O–H groups in total. The lowest BCUT2D eigenvalue weighted by molar-refractivity contribution is -0.135. The molecule has 2 amide bonds. The highest BCUT2D eigenvalue weighted by Crippen LogP contribution is 2.51. The average Bonchev–Trinajstić information content (AvgIpc) is 3.37. The molecular formula is C28H30F2N4O3. The predicted molar refractivity (Wildman–Crippen MR) is 135 cm³/mol. The van der Waals surface area contributed by atoms with Crippen LogP contribution < -0.4 is 10.9 Å². The smallest absolute Gasteiger partial charge is 0.317 e. The van der Waals surface area contributed by atoms with E-state index < -0.39 is 28.7 Å². The summed E-state index contributed by atoms with van der Waals surface area (Å²) in [7, 11) is 0. The van der Waals surface area contributed by atoms with E-state index in [0.29, 0.717) is 12.2 Å². The molecule has 5 rings (SSSR count). The molecule has 37 heavy (non-hydrogen) atoms. The number of hydrogen-bond donors (Lipinski definition) is 2. The monoisotopic (exact) mass is 508 g/mol. The van der Waals surface area contributed by atoms with Crippen molar-refractivity contribution in [2.45, 2.75) is 50.8 Å². The molecule has 1 saturated carbocycles. The Labute approximate surface area is 213 Å². The summed E-state index contributed by atoms with van der Waals surface area (Å²) in [6, 6.07) is 14.1. The van der Waals surface area contributed by atoms with Crippen molar-refractivity contribution in [3.63, 3.8) is 0 Å². The van der Waals surface area contributed by atoms with Gasteiger partial charge in [-0.05, 0) is 31.4 Å². The number of carbonyl (C=O) groups excluding carboxylic acids is 1. The molecule has 0 radical (unpaired) electrons. The SMILES string of the molecule is O=C(NCc1c(F)cccc1F)N1CCC(O)(Cn2cnc(-c3ccccc3)cc2=O)C2(CCCC2)C1. The second-order valence-corrected chi connectivity index (χ2v) is 10.2. The molecule has 1 aliphatic carbocycles. The lowest BCUT2D eigenvalue weighted by Crippen LogP contribution is -2.63. The Kier molecular flexibility index (Phi) is 6.81. The van der Waals surface area contributed by atoms with Crippen molar-refractivity contribution in [2.75, 3.05) is 13.1 Å². The van der Waals surface area contributed by atoms with Gasteiger partial charge in [0, 0.05) is 35.7 Å². The first-order valence-corrected chi connectivity index (χ1v) is 12.6. The van der Waals surface area contributed by atoms with Crippen LogP contribution in [0.1, 0.15) is 37.7 Å². The van der Waals surface area contributed by atoms with Gasteiger partial charge in [0.2, 0.25) is 0 Å². The molecule has 9 heteroatoms. The Morgan fingerprint density at radius 1 is 1.03 bits per heavy atom. The van der Waals surface area contributed by atoms with Crippen LogP contribution in [0, 0.1) is 17.0 Å². The molecule has 2 heterocycles. The van der Waals surface area contributed by atoms with Gasteiger partial charge in [0.25, 0.3) is 5.56 Å². The first-order chi connectivity index (χ1) is 17.8. The zero-order valence-corrected chi connectivity index (χ0v) is 20.5. The first-order valence-electron chi connectivity index (χ1n) is 12.6. The topological polar surface area (TPSA) is 87.5 Å². The number of urea groups is 1. The quantitative estimate of drug-likeness (QED) is 0.544. The second-order valence-electron chi connectivity index (χ2n) is 10.2. The van der Waals surface area contributed by atoms with Crippen LogP contribution in [0.15, 0.2) is 65.7 Å². The molecule has 2 aromatic carbocycles. The van der Waals surface area contributed by atoms with Gasteiger partial charge in [-0.3, -0.25) is 9.36 Å². The Bertz CT molecular complexity index is 1320. The van der Waals surface area contributed by atoms with E-state index in [2.05, 4.69) is 10.3 Å². The molecule has 2 fully saturated rings. The van der Waals surface area contributed by atoms with Crippen LogP contribution in [0.3, 0.4) is 0 Å². The van der Waals surface area contributed by atoms with Crippen molar-refractivity contribution >= 4 is 6.03 Å². The first kappa shape index (κ1) is 25.1. The van der Waals surface area contributed by atoms with Gasteiger partial charge in [-0.1, -0.05) is 49.2 Å². The van der Waals surface area contributed by atoms with E-state index in [0.717, 1.165) is 43.4 Å². The molecule has 0 bridgehead atoms. The Morgan fingerprint density at radius 3 is 2.41 bits per heavy atom. The molecule has 194 valence electrons. The third kappa shape index (κ3) is 4.87. The van der Waals surface area contributed by atoms with Crippen molar-refractivity contribution in [1.82, 2.24) is 19.8 Å². The maximum absolute atomic E-state index is 14.0. The van der Waals surface area contributed by atoms with Gasteiger partial charge in [0.1, 0.15) is 11.6 Å². The number of benzene rings is 2. The average molecular weight is 509 g/mol. The summed E-state index contributed by atoms with van der Waals surface area (Å²) in [6.07, 6.45) is 5.03. The maximum atomic E-state index is 14.0. The summed E-state index contributed by atoms with van der Waals surface area (Å²) in [5, 5.41) is 14.5. The molecule has 1 atom stereocenters.